The van der Waals surface area contributed by atoms with E-state index in [1.54, 1.807) is 6.92 Å². The average Bonchev–Trinajstić information content (AvgIpc) is 2.66. The molecule has 2 rings (SSSR count). The Kier molecular flexibility index (Phi) is 2.51. The summed E-state index contributed by atoms with van der Waals surface area (Å²) in [6, 6.07) is 1.21. The second-order valence-electron chi connectivity index (χ2n) is 3.06. The molecular formula is C9H9N3O2S. The van der Waals surface area contributed by atoms with Crippen molar-refractivity contribution in [2.45, 2.75) is 13.0 Å². The number of anilines is 1. The SMILES string of the molecule is CC(Nc1ncnc2ccsc12)C(=O)O. The Labute approximate surface area is 89.8 Å². The van der Waals surface area contributed by atoms with Gasteiger partial charge in [0.05, 0.1) is 10.2 Å². The maximum absolute atomic E-state index is 10.7. The molecule has 0 saturated carbocycles. The number of hydrogen-bond donors (Lipinski definition) is 2. The number of carbonyl (C=O) groups is 1. The third kappa shape index (κ3) is 1.89. The largest absolute Gasteiger partial charge is 0.480 e. The number of nitrogens with one attached hydrogen (secondary N) is 1. The molecule has 0 aliphatic heterocycles. The van der Waals surface area contributed by atoms with Crippen molar-refractivity contribution in [2.24, 2.45) is 0 Å². The van der Waals surface area contributed by atoms with Gasteiger partial charge in [0.1, 0.15) is 18.2 Å². The topological polar surface area (TPSA) is 75.1 Å². The molecule has 0 spiro atoms. The van der Waals surface area contributed by atoms with E-state index in [9.17, 15) is 4.79 Å². The molecule has 0 fully saturated rings. The van der Waals surface area contributed by atoms with Crippen molar-refractivity contribution in [1.82, 2.24) is 9.97 Å². The molecule has 0 amide bonds. The van der Waals surface area contributed by atoms with Crippen LogP contribution in [0.2, 0.25) is 0 Å². The van der Waals surface area contributed by atoms with Crippen LogP contribution in [0.25, 0.3) is 10.2 Å². The number of carboxylic acid groups (broad SMARTS) is 1. The first-order valence-electron chi connectivity index (χ1n) is 4.36. The normalized spacial score (nSPS) is 12.6. The molecule has 78 valence electrons. The molecule has 6 heteroatoms. The van der Waals surface area contributed by atoms with Crippen molar-refractivity contribution in [1.29, 1.82) is 0 Å². The summed E-state index contributed by atoms with van der Waals surface area (Å²) in [5.41, 5.74) is 0.829. The predicted molar refractivity (Wildman–Crippen MR) is 58.1 cm³/mol. The van der Waals surface area contributed by atoms with Crippen LogP contribution >= 0.6 is 11.3 Å². The number of hydrogen-bond acceptors (Lipinski definition) is 5. The van der Waals surface area contributed by atoms with Gasteiger partial charge in [0.2, 0.25) is 0 Å². The number of fused-ring (bicyclic) bond motifs is 1. The number of aliphatic carboxylic acids is 1. The molecule has 0 bridgehead atoms. The number of nitrogens with zero attached hydrogens (tertiary/aromatic N) is 2. The van der Waals surface area contributed by atoms with Gasteiger partial charge in [-0.05, 0) is 18.4 Å². The first-order chi connectivity index (χ1) is 7.18. The Morgan fingerprint density at radius 1 is 1.60 bits per heavy atom. The van der Waals surface area contributed by atoms with Crippen molar-refractivity contribution < 1.29 is 9.90 Å². The molecule has 0 radical (unpaired) electrons. The van der Waals surface area contributed by atoms with E-state index in [-0.39, 0.29) is 0 Å². The quantitative estimate of drug-likeness (QED) is 0.826. The van der Waals surface area contributed by atoms with Crippen LogP contribution in [0.3, 0.4) is 0 Å². The van der Waals surface area contributed by atoms with Crippen LogP contribution in [0.1, 0.15) is 6.92 Å². The van der Waals surface area contributed by atoms with Crippen molar-refractivity contribution in [2.75, 3.05) is 5.32 Å². The number of thiophene rings is 1. The first kappa shape index (κ1) is 9.85. The summed E-state index contributed by atoms with van der Waals surface area (Å²) in [5, 5.41) is 13.5. The first-order valence-corrected chi connectivity index (χ1v) is 5.24. The molecule has 0 aromatic carbocycles. The summed E-state index contributed by atoms with van der Waals surface area (Å²) in [7, 11) is 0. The summed E-state index contributed by atoms with van der Waals surface area (Å²) >= 11 is 1.49. The average molecular weight is 223 g/mol. The van der Waals surface area contributed by atoms with Crippen LogP contribution in [-0.4, -0.2) is 27.1 Å². The predicted octanol–water partition coefficient (Wildman–Crippen LogP) is 1.58. The molecule has 0 aliphatic rings. The van der Waals surface area contributed by atoms with Gasteiger partial charge in [-0.2, -0.15) is 0 Å². The third-order valence-corrected chi connectivity index (χ3v) is 2.88. The van der Waals surface area contributed by atoms with E-state index in [1.807, 2.05) is 11.4 Å². The molecule has 2 aromatic rings. The highest BCUT2D eigenvalue weighted by atomic mass is 32.1. The maximum atomic E-state index is 10.7. The highest BCUT2D eigenvalue weighted by Crippen LogP contribution is 2.25. The van der Waals surface area contributed by atoms with Crippen molar-refractivity contribution in [3.8, 4) is 0 Å². The van der Waals surface area contributed by atoms with Gasteiger partial charge in [0.25, 0.3) is 0 Å². The van der Waals surface area contributed by atoms with Gasteiger partial charge in [-0.3, -0.25) is 4.79 Å². The smallest absolute Gasteiger partial charge is 0.325 e. The Morgan fingerprint density at radius 2 is 2.40 bits per heavy atom. The van der Waals surface area contributed by atoms with Crippen LogP contribution < -0.4 is 5.32 Å². The fourth-order valence-electron chi connectivity index (χ4n) is 1.16. The monoisotopic (exact) mass is 223 g/mol. The standard InChI is InChI=1S/C9H9N3O2S/c1-5(9(13)14)12-8-7-6(2-3-15-7)10-4-11-8/h2-5H,1H3,(H,13,14)(H,10,11,12). The molecule has 2 aromatic heterocycles. The zero-order chi connectivity index (χ0) is 10.8. The number of carboxylic acids is 1. The minimum absolute atomic E-state index is 0.574. The minimum atomic E-state index is -0.904. The van der Waals surface area contributed by atoms with Crippen LogP contribution in [-0.2, 0) is 4.79 Å². The van der Waals surface area contributed by atoms with Crippen LogP contribution in [0, 0.1) is 0 Å². The van der Waals surface area contributed by atoms with Crippen molar-refractivity contribution in [3.63, 3.8) is 0 Å². The van der Waals surface area contributed by atoms with E-state index in [4.69, 9.17) is 5.11 Å². The zero-order valence-corrected chi connectivity index (χ0v) is 8.78. The molecule has 0 aliphatic carbocycles. The Morgan fingerprint density at radius 3 is 3.13 bits per heavy atom. The van der Waals surface area contributed by atoms with Gasteiger partial charge < -0.3 is 10.4 Å². The zero-order valence-electron chi connectivity index (χ0n) is 7.97. The lowest BCUT2D eigenvalue weighted by Gasteiger charge is -2.09. The van der Waals surface area contributed by atoms with Gasteiger partial charge in [-0.1, -0.05) is 0 Å². The molecule has 1 atom stereocenters. The fraction of sp³-hybridized carbons (Fsp3) is 0.222. The van der Waals surface area contributed by atoms with Gasteiger partial charge in [-0.15, -0.1) is 11.3 Å². The fourth-order valence-corrected chi connectivity index (χ4v) is 1.96. The van der Waals surface area contributed by atoms with E-state index < -0.39 is 12.0 Å². The summed E-state index contributed by atoms with van der Waals surface area (Å²) in [4.78, 5) is 18.8. The second-order valence-corrected chi connectivity index (χ2v) is 3.98. The lowest BCUT2D eigenvalue weighted by Crippen LogP contribution is -2.25. The molecular weight excluding hydrogens is 214 g/mol. The molecule has 2 N–H and O–H groups in total. The van der Waals surface area contributed by atoms with E-state index in [0.717, 1.165) is 10.2 Å². The summed E-state index contributed by atoms with van der Waals surface area (Å²) in [6.45, 7) is 1.57. The molecule has 2 heterocycles. The second kappa shape index (κ2) is 3.82. The summed E-state index contributed by atoms with van der Waals surface area (Å²) in [6.07, 6.45) is 1.42. The van der Waals surface area contributed by atoms with Gasteiger partial charge >= 0.3 is 5.97 Å². The number of rotatable bonds is 3. The number of aromatic nitrogens is 2. The lowest BCUT2D eigenvalue weighted by molar-refractivity contribution is -0.137. The lowest BCUT2D eigenvalue weighted by atomic mass is 10.3. The van der Waals surface area contributed by atoms with Crippen molar-refractivity contribution in [3.05, 3.63) is 17.8 Å². The van der Waals surface area contributed by atoms with Gasteiger partial charge in [0, 0.05) is 0 Å². The third-order valence-electron chi connectivity index (χ3n) is 1.97. The summed E-state index contributed by atoms with van der Waals surface area (Å²) in [5.74, 6) is -0.330. The highest BCUT2D eigenvalue weighted by molar-refractivity contribution is 7.17. The maximum Gasteiger partial charge on any atom is 0.325 e. The highest BCUT2D eigenvalue weighted by Gasteiger charge is 2.13. The van der Waals surface area contributed by atoms with E-state index in [2.05, 4.69) is 15.3 Å². The van der Waals surface area contributed by atoms with E-state index in [1.165, 1.54) is 17.7 Å². The van der Waals surface area contributed by atoms with Crippen molar-refractivity contribution >= 4 is 33.3 Å². The van der Waals surface area contributed by atoms with E-state index >= 15 is 0 Å². The van der Waals surface area contributed by atoms with Gasteiger partial charge in [-0.25, -0.2) is 9.97 Å². The molecule has 5 nitrogen and oxygen atoms in total. The minimum Gasteiger partial charge on any atom is -0.480 e. The van der Waals surface area contributed by atoms with Crippen LogP contribution in [0.5, 0.6) is 0 Å². The van der Waals surface area contributed by atoms with Crippen LogP contribution in [0.15, 0.2) is 17.8 Å². The van der Waals surface area contributed by atoms with E-state index in [0.29, 0.717) is 5.82 Å². The Hall–Kier alpha value is -1.69. The molecule has 0 saturated heterocycles. The Bertz CT molecular complexity index is 497. The molecule has 1 unspecified atom stereocenters. The summed E-state index contributed by atoms with van der Waals surface area (Å²) < 4.78 is 0.880. The van der Waals surface area contributed by atoms with Crippen LogP contribution in [0.4, 0.5) is 5.82 Å². The Balaban J connectivity index is 2.35. The molecule has 15 heavy (non-hydrogen) atoms. The van der Waals surface area contributed by atoms with Gasteiger partial charge in [0.15, 0.2) is 0 Å².